The number of hydrogen-bond donors (Lipinski definition) is 2. The lowest BCUT2D eigenvalue weighted by molar-refractivity contribution is 0.0692. The molecule has 0 saturated carbocycles. The van der Waals surface area contributed by atoms with Gasteiger partial charge < -0.3 is 10.4 Å². The minimum absolute atomic E-state index is 0.0943. The molecule has 0 saturated heterocycles. The number of nitrogens with one attached hydrogen (secondary N) is 1. The zero-order valence-electron chi connectivity index (χ0n) is 11.4. The van der Waals surface area contributed by atoms with Gasteiger partial charge in [0.1, 0.15) is 0 Å². The summed E-state index contributed by atoms with van der Waals surface area (Å²) in [6.45, 7) is 0. The van der Waals surface area contributed by atoms with Crippen molar-refractivity contribution < 1.29 is 14.7 Å². The number of amides is 1. The highest BCUT2D eigenvalue weighted by Gasteiger charge is 2.15. The molecule has 0 atom stereocenters. The number of carbonyl (C=O) groups excluding carboxylic acids is 1. The van der Waals surface area contributed by atoms with Crippen molar-refractivity contribution in [2.75, 3.05) is 5.32 Å². The second-order valence-corrected chi connectivity index (χ2v) is 4.56. The molecule has 3 aromatic rings. The molecule has 0 radical (unpaired) electrons. The zero-order chi connectivity index (χ0) is 15.5. The molecule has 6 heteroatoms. The molecule has 2 aromatic heterocycles. The molecular weight excluding hydrogens is 282 g/mol. The standard InChI is InChI=1S/C16H11N3O3/c20-15(11-4-7-17-8-5-11)19-12-3-1-2-10-6-9-18-14(13(10)12)16(21)22/h1-9H,(H,19,20)(H,21,22). The van der Waals surface area contributed by atoms with Crippen molar-refractivity contribution in [2.45, 2.75) is 0 Å². The quantitative estimate of drug-likeness (QED) is 0.774. The average molecular weight is 293 g/mol. The van der Waals surface area contributed by atoms with Crippen LogP contribution in [0.1, 0.15) is 20.8 Å². The molecule has 0 fully saturated rings. The predicted molar refractivity (Wildman–Crippen MR) is 80.9 cm³/mol. The SMILES string of the molecule is O=C(Nc1cccc2ccnc(C(=O)O)c12)c1ccncc1. The molecule has 108 valence electrons. The molecule has 0 spiro atoms. The first kappa shape index (κ1) is 13.7. The van der Waals surface area contributed by atoms with Crippen LogP contribution in [0.2, 0.25) is 0 Å². The molecule has 3 rings (SSSR count). The number of carboxylic acids is 1. The van der Waals surface area contributed by atoms with Crippen molar-refractivity contribution in [3.8, 4) is 0 Å². The summed E-state index contributed by atoms with van der Waals surface area (Å²) >= 11 is 0. The molecule has 2 heterocycles. The van der Waals surface area contributed by atoms with Crippen LogP contribution in [-0.4, -0.2) is 27.0 Å². The molecule has 0 aliphatic carbocycles. The Morgan fingerprint density at radius 2 is 1.77 bits per heavy atom. The lowest BCUT2D eigenvalue weighted by Gasteiger charge is -2.10. The lowest BCUT2D eigenvalue weighted by atomic mass is 10.1. The highest BCUT2D eigenvalue weighted by Crippen LogP contribution is 2.26. The van der Waals surface area contributed by atoms with Crippen LogP contribution in [0.5, 0.6) is 0 Å². The van der Waals surface area contributed by atoms with E-state index in [-0.39, 0.29) is 11.6 Å². The number of aromatic carboxylic acids is 1. The fraction of sp³-hybridized carbons (Fsp3) is 0. The normalized spacial score (nSPS) is 10.4. The van der Waals surface area contributed by atoms with Crippen LogP contribution in [0.4, 0.5) is 5.69 Å². The van der Waals surface area contributed by atoms with Crippen molar-refractivity contribution >= 4 is 28.3 Å². The first-order valence-electron chi connectivity index (χ1n) is 6.49. The van der Waals surface area contributed by atoms with Crippen LogP contribution in [0.15, 0.2) is 55.0 Å². The van der Waals surface area contributed by atoms with E-state index in [9.17, 15) is 14.7 Å². The van der Waals surface area contributed by atoms with E-state index in [1.807, 2.05) is 0 Å². The first-order valence-corrected chi connectivity index (χ1v) is 6.49. The second-order valence-electron chi connectivity index (χ2n) is 4.56. The van der Waals surface area contributed by atoms with E-state index in [0.717, 1.165) is 0 Å². The van der Waals surface area contributed by atoms with Crippen molar-refractivity contribution in [2.24, 2.45) is 0 Å². The maximum atomic E-state index is 12.2. The molecule has 22 heavy (non-hydrogen) atoms. The van der Waals surface area contributed by atoms with E-state index in [4.69, 9.17) is 0 Å². The Morgan fingerprint density at radius 3 is 2.50 bits per heavy atom. The number of pyridine rings is 2. The second kappa shape index (κ2) is 5.61. The van der Waals surface area contributed by atoms with Gasteiger partial charge in [-0.15, -0.1) is 0 Å². The van der Waals surface area contributed by atoms with Gasteiger partial charge in [-0.25, -0.2) is 9.78 Å². The van der Waals surface area contributed by atoms with Gasteiger partial charge in [0.15, 0.2) is 5.69 Å². The van der Waals surface area contributed by atoms with Gasteiger partial charge in [-0.05, 0) is 29.7 Å². The number of hydrogen-bond acceptors (Lipinski definition) is 4. The molecule has 0 aliphatic heterocycles. The predicted octanol–water partition coefficient (Wildman–Crippen LogP) is 2.58. The third-order valence-corrected chi connectivity index (χ3v) is 3.18. The Balaban J connectivity index is 2.08. The Labute approximate surface area is 125 Å². The average Bonchev–Trinajstić information content (AvgIpc) is 2.55. The van der Waals surface area contributed by atoms with E-state index < -0.39 is 5.97 Å². The number of fused-ring (bicyclic) bond motifs is 1. The van der Waals surface area contributed by atoms with E-state index >= 15 is 0 Å². The van der Waals surface area contributed by atoms with Crippen LogP contribution in [-0.2, 0) is 0 Å². The Kier molecular flexibility index (Phi) is 3.49. The highest BCUT2D eigenvalue weighted by molar-refractivity contribution is 6.13. The minimum atomic E-state index is -1.14. The summed E-state index contributed by atoms with van der Waals surface area (Å²) in [5.41, 5.74) is 0.751. The summed E-state index contributed by atoms with van der Waals surface area (Å²) in [7, 11) is 0. The molecular formula is C16H11N3O3. The Morgan fingerprint density at radius 1 is 1.00 bits per heavy atom. The first-order chi connectivity index (χ1) is 10.7. The van der Waals surface area contributed by atoms with Crippen LogP contribution >= 0.6 is 0 Å². The molecule has 2 N–H and O–H groups in total. The maximum Gasteiger partial charge on any atom is 0.355 e. The van der Waals surface area contributed by atoms with Crippen molar-refractivity contribution in [1.82, 2.24) is 9.97 Å². The van der Waals surface area contributed by atoms with Gasteiger partial charge in [0, 0.05) is 29.5 Å². The van der Waals surface area contributed by atoms with Gasteiger partial charge in [-0.3, -0.25) is 9.78 Å². The largest absolute Gasteiger partial charge is 0.476 e. The van der Waals surface area contributed by atoms with Crippen molar-refractivity contribution in [1.29, 1.82) is 0 Å². The Hall–Kier alpha value is -3.28. The van der Waals surface area contributed by atoms with Crippen LogP contribution in [0.3, 0.4) is 0 Å². The highest BCUT2D eigenvalue weighted by atomic mass is 16.4. The van der Waals surface area contributed by atoms with E-state index in [0.29, 0.717) is 22.0 Å². The zero-order valence-corrected chi connectivity index (χ0v) is 11.4. The van der Waals surface area contributed by atoms with Crippen molar-refractivity contribution in [3.05, 3.63) is 66.2 Å². The number of rotatable bonds is 3. The van der Waals surface area contributed by atoms with E-state index in [1.165, 1.54) is 18.6 Å². The maximum absolute atomic E-state index is 12.2. The molecule has 6 nitrogen and oxygen atoms in total. The fourth-order valence-electron chi connectivity index (χ4n) is 2.19. The summed E-state index contributed by atoms with van der Waals surface area (Å²) < 4.78 is 0. The smallest absolute Gasteiger partial charge is 0.355 e. The third-order valence-electron chi connectivity index (χ3n) is 3.18. The van der Waals surface area contributed by atoms with Gasteiger partial charge in [0.05, 0.1) is 5.69 Å². The summed E-state index contributed by atoms with van der Waals surface area (Å²) in [4.78, 5) is 31.3. The fourth-order valence-corrected chi connectivity index (χ4v) is 2.19. The van der Waals surface area contributed by atoms with Crippen LogP contribution < -0.4 is 5.32 Å². The summed E-state index contributed by atoms with van der Waals surface area (Å²) in [5, 5.41) is 13.1. The summed E-state index contributed by atoms with van der Waals surface area (Å²) in [5.74, 6) is -1.48. The number of carboxylic acid groups (broad SMARTS) is 1. The topological polar surface area (TPSA) is 92.2 Å². The van der Waals surface area contributed by atoms with Crippen molar-refractivity contribution in [3.63, 3.8) is 0 Å². The van der Waals surface area contributed by atoms with Gasteiger partial charge in [-0.1, -0.05) is 12.1 Å². The minimum Gasteiger partial charge on any atom is -0.476 e. The number of carbonyl (C=O) groups is 2. The number of nitrogens with zero attached hydrogens (tertiary/aromatic N) is 2. The monoisotopic (exact) mass is 293 g/mol. The van der Waals surface area contributed by atoms with Crippen LogP contribution in [0, 0.1) is 0 Å². The number of anilines is 1. The van der Waals surface area contributed by atoms with Gasteiger partial charge in [0.2, 0.25) is 0 Å². The van der Waals surface area contributed by atoms with E-state index in [1.54, 1.807) is 36.4 Å². The molecule has 1 amide bonds. The molecule has 0 unspecified atom stereocenters. The van der Waals surface area contributed by atoms with Gasteiger partial charge in [0.25, 0.3) is 5.91 Å². The lowest BCUT2D eigenvalue weighted by Crippen LogP contribution is -2.13. The van der Waals surface area contributed by atoms with Crippen LogP contribution in [0.25, 0.3) is 10.8 Å². The number of benzene rings is 1. The van der Waals surface area contributed by atoms with E-state index in [2.05, 4.69) is 15.3 Å². The molecule has 0 aliphatic rings. The molecule has 0 bridgehead atoms. The summed E-state index contributed by atoms with van der Waals surface area (Å²) in [6, 6.07) is 10.0. The Bertz CT molecular complexity index is 858. The van der Waals surface area contributed by atoms with Gasteiger partial charge >= 0.3 is 5.97 Å². The number of aromatic nitrogens is 2. The molecule has 1 aromatic carbocycles. The van der Waals surface area contributed by atoms with Gasteiger partial charge in [-0.2, -0.15) is 0 Å². The summed E-state index contributed by atoms with van der Waals surface area (Å²) in [6.07, 6.45) is 4.46. The third kappa shape index (κ3) is 2.49.